The first kappa shape index (κ1) is 15.1. The van der Waals surface area contributed by atoms with Crippen molar-refractivity contribution >= 4 is 17.6 Å². The van der Waals surface area contributed by atoms with Crippen molar-refractivity contribution in [2.24, 2.45) is 0 Å². The van der Waals surface area contributed by atoms with Crippen LogP contribution < -0.4 is 14.8 Å². The molecule has 1 aliphatic heterocycles. The molecule has 0 aliphatic carbocycles. The lowest BCUT2D eigenvalue weighted by molar-refractivity contribution is -0.137. The first-order chi connectivity index (χ1) is 10.0. The molecule has 0 radical (unpaired) electrons. The number of aliphatic carboxylic acids is 1. The van der Waals surface area contributed by atoms with Gasteiger partial charge in [-0.3, -0.25) is 9.59 Å². The van der Waals surface area contributed by atoms with Crippen LogP contribution in [0.3, 0.4) is 0 Å². The SMILES string of the molecule is CN(CCC(=O)O)CCC(=O)Nc1ccc2c(c1)OCO2. The van der Waals surface area contributed by atoms with Crippen LogP contribution in [0.2, 0.25) is 0 Å². The van der Waals surface area contributed by atoms with E-state index in [0.717, 1.165) is 0 Å². The van der Waals surface area contributed by atoms with E-state index in [-0.39, 0.29) is 19.1 Å². The van der Waals surface area contributed by atoms with Crippen molar-refractivity contribution in [2.45, 2.75) is 12.8 Å². The monoisotopic (exact) mass is 294 g/mol. The molecule has 0 spiro atoms. The molecular weight excluding hydrogens is 276 g/mol. The number of fused-ring (bicyclic) bond motifs is 1. The second-order valence-electron chi connectivity index (χ2n) is 4.81. The zero-order valence-corrected chi connectivity index (χ0v) is 11.8. The van der Waals surface area contributed by atoms with Gasteiger partial charge in [0.25, 0.3) is 0 Å². The van der Waals surface area contributed by atoms with Gasteiger partial charge in [0.15, 0.2) is 11.5 Å². The Hall–Kier alpha value is -2.28. The average Bonchev–Trinajstić information content (AvgIpc) is 2.90. The molecule has 0 bridgehead atoms. The number of hydrogen-bond acceptors (Lipinski definition) is 5. The number of anilines is 1. The lowest BCUT2D eigenvalue weighted by Gasteiger charge is -2.15. The van der Waals surface area contributed by atoms with Gasteiger partial charge in [-0.2, -0.15) is 0 Å². The smallest absolute Gasteiger partial charge is 0.304 e. The molecule has 7 nitrogen and oxygen atoms in total. The molecule has 1 aromatic rings. The van der Waals surface area contributed by atoms with E-state index in [4.69, 9.17) is 14.6 Å². The van der Waals surface area contributed by atoms with E-state index in [1.807, 2.05) is 4.90 Å². The Bertz CT molecular complexity index is 532. The van der Waals surface area contributed by atoms with E-state index in [1.54, 1.807) is 25.2 Å². The summed E-state index contributed by atoms with van der Waals surface area (Å²) in [6, 6.07) is 5.21. The predicted molar refractivity (Wildman–Crippen MR) is 75.6 cm³/mol. The summed E-state index contributed by atoms with van der Waals surface area (Å²) in [6.45, 7) is 1.12. The van der Waals surface area contributed by atoms with Crippen LogP contribution in [0.25, 0.3) is 0 Å². The molecule has 1 aromatic carbocycles. The van der Waals surface area contributed by atoms with Crippen molar-refractivity contribution in [3.05, 3.63) is 18.2 Å². The number of amides is 1. The van der Waals surface area contributed by atoms with Gasteiger partial charge in [-0.15, -0.1) is 0 Å². The molecule has 2 rings (SSSR count). The molecule has 0 saturated carbocycles. The van der Waals surface area contributed by atoms with Crippen molar-refractivity contribution in [2.75, 3.05) is 32.2 Å². The minimum absolute atomic E-state index is 0.0697. The van der Waals surface area contributed by atoms with Crippen LogP contribution in [0.4, 0.5) is 5.69 Å². The van der Waals surface area contributed by atoms with Gasteiger partial charge < -0.3 is 24.8 Å². The maximum absolute atomic E-state index is 11.8. The Morgan fingerprint density at radius 1 is 1.24 bits per heavy atom. The minimum Gasteiger partial charge on any atom is -0.481 e. The summed E-state index contributed by atoms with van der Waals surface area (Å²) < 4.78 is 10.4. The van der Waals surface area contributed by atoms with Crippen molar-refractivity contribution < 1.29 is 24.2 Å². The Morgan fingerprint density at radius 2 is 1.95 bits per heavy atom. The van der Waals surface area contributed by atoms with Crippen LogP contribution in [0.1, 0.15) is 12.8 Å². The van der Waals surface area contributed by atoms with Gasteiger partial charge in [-0.1, -0.05) is 0 Å². The Labute approximate surface area is 122 Å². The first-order valence-corrected chi connectivity index (χ1v) is 6.64. The molecule has 0 unspecified atom stereocenters. The number of carboxylic acid groups (broad SMARTS) is 1. The lowest BCUT2D eigenvalue weighted by atomic mass is 10.2. The Kier molecular flexibility index (Phi) is 4.99. The number of carbonyl (C=O) groups is 2. The number of ether oxygens (including phenoxy) is 2. The second kappa shape index (κ2) is 6.94. The second-order valence-corrected chi connectivity index (χ2v) is 4.81. The van der Waals surface area contributed by atoms with Gasteiger partial charge in [0.1, 0.15) is 0 Å². The minimum atomic E-state index is -0.841. The highest BCUT2D eigenvalue weighted by atomic mass is 16.7. The number of nitrogens with one attached hydrogen (secondary N) is 1. The molecular formula is C14H18N2O5. The largest absolute Gasteiger partial charge is 0.481 e. The maximum atomic E-state index is 11.8. The van der Waals surface area contributed by atoms with Crippen molar-refractivity contribution in [1.82, 2.24) is 4.90 Å². The standard InChI is InChI=1S/C14H18N2O5/c1-16(7-5-14(18)19)6-4-13(17)15-10-2-3-11-12(8-10)21-9-20-11/h2-3,8H,4-7,9H2,1H3,(H,15,17)(H,18,19). The van der Waals surface area contributed by atoms with E-state index < -0.39 is 5.97 Å². The molecule has 0 atom stereocenters. The number of nitrogens with zero attached hydrogens (tertiary/aromatic N) is 1. The molecule has 0 fully saturated rings. The van der Waals surface area contributed by atoms with E-state index in [9.17, 15) is 9.59 Å². The summed E-state index contributed by atoms with van der Waals surface area (Å²) in [5.74, 6) is 0.315. The van der Waals surface area contributed by atoms with Crippen molar-refractivity contribution in [3.63, 3.8) is 0 Å². The zero-order valence-electron chi connectivity index (χ0n) is 11.8. The summed E-state index contributed by atoms with van der Waals surface area (Å²) in [4.78, 5) is 24.1. The molecule has 1 heterocycles. The number of rotatable bonds is 7. The summed E-state index contributed by atoms with van der Waals surface area (Å²) >= 11 is 0. The average molecular weight is 294 g/mol. The fourth-order valence-electron chi connectivity index (χ4n) is 1.89. The predicted octanol–water partition coefficient (Wildman–Crippen LogP) is 1.15. The molecule has 21 heavy (non-hydrogen) atoms. The highest BCUT2D eigenvalue weighted by molar-refractivity contribution is 5.91. The van der Waals surface area contributed by atoms with Crippen LogP contribution in [-0.4, -0.2) is 48.8 Å². The fraction of sp³-hybridized carbons (Fsp3) is 0.429. The van der Waals surface area contributed by atoms with Gasteiger partial charge in [0, 0.05) is 31.3 Å². The van der Waals surface area contributed by atoms with Crippen molar-refractivity contribution in [1.29, 1.82) is 0 Å². The van der Waals surface area contributed by atoms with Gasteiger partial charge in [-0.25, -0.2) is 0 Å². The third-order valence-electron chi connectivity index (χ3n) is 3.08. The number of carbonyl (C=O) groups excluding carboxylic acids is 1. The molecule has 0 aromatic heterocycles. The van der Waals surface area contributed by atoms with Gasteiger partial charge >= 0.3 is 5.97 Å². The molecule has 114 valence electrons. The number of carboxylic acids is 1. The third kappa shape index (κ3) is 4.64. The molecule has 1 aliphatic rings. The zero-order chi connectivity index (χ0) is 15.2. The molecule has 7 heteroatoms. The van der Waals surface area contributed by atoms with Crippen LogP contribution in [0.5, 0.6) is 11.5 Å². The lowest BCUT2D eigenvalue weighted by Crippen LogP contribution is -2.26. The van der Waals surface area contributed by atoms with Crippen LogP contribution >= 0.6 is 0 Å². The summed E-state index contributed by atoms with van der Waals surface area (Å²) in [6.07, 6.45) is 0.366. The third-order valence-corrected chi connectivity index (χ3v) is 3.08. The number of benzene rings is 1. The van der Waals surface area contributed by atoms with Crippen LogP contribution in [-0.2, 0) is 9.59 Å². The summed E-state index contributed by atoms with van der Waals surface area (Å²) in [5, 5.41) is 11.4. The quantitative estimate of drug-likeness (QED) is 0.784. The van der Waals surface area contributed by atoms with Crippen LogP contribution in [0, 0.1) is 0 Å². The maximum Gasteiger partial charge on any atom is 0.304 e. The van der Waals surface area contributed by atoms with Gasteiger partial charge in [-0.05, 0) is 19.2 Å². The summed E-state index contributed by atoms with van der Waals surface area (Å²) in [7, 11) is 1.79. The van der Waals surface area contributed by atoms with Crippen molar-refractivity contribution in [3.8, 4) is 11.5 Å². The first-order valence-electron chi connectivity index (χ1n) is 6.64. The van der Waals surface area contributed by atoms with Gasteiger partial charge in [0.05, 0.1) is 6.42 Å². The normalized spacial score (nSPS) is 12.5. The van der Waals surface area contributed by atoms with E-state index in [0.29, 0.717) is 36.7 Å². The molecule has 0 saturated heterocycles. The van der Waals surface area contributed by atoms with Crippen LogP contribution in [0.15, 0.2) is 18.2 Å². The van der Waals surface area contributed by atoms with E-state index >= 15 is 0 Å². The van der Waals surface area contributed by atoms with E-state index in [2.05, 4.69) is 5.32 Å². The summed E-state index contributed by atoms with van der Waals surface area (Å²) in [5.41, 5.74) is 0.650. The highest BCUT2D eigenvalue weighted by Gasteiger charge is 2.14. The Morgan fingerprint density at radius 3 is 2.71 bits per heavy atom. The fourth-order valence-corrected chi connectivity index (χ4v) is 1.89. The topological polar surface area (TPSA) is 88.1 Å². The van der Waals surface area contributed by atoms with E-state index in [1.165, 1.54) is 0 Å². The van der Waals surface area contributed by atoms with Gasteiger partial charge in [0.2, 0.25) is 12.7 Å². The molecule has 1 amide bonds. The molecule has 2 N–H and O–H groups in total. The Balaban J connectivity index is 1.75. The highest BCUT2D eigenvalue weighted by Crippen LogP contribution is 2.34. The number of hydrogen-bond donors (Lipinski definition) is 2.